The number of nitrogens with one attached hydrogen (secondary N) is 1. The van der Waals surface area contributed by atoms with Crippen LogP contribution >= 0.6 is 11.6 Å². The molecule has 0 saturated carbocycles. The summed E-state index contributed by atoms with van der Waals surface area (Å²) in [5.74, 6) is 0.555. The average Bonchev–Trinajstić information content (AvgIpc) is 2.91. The number of carbonyl (C=O) groups is 1. The summed E-state index contributed by atoms with van der Waals surface area (Å²) in [5.41, 5.74) is 3.62. The number of hydrogen-bond acceptors (Lipinski definition) is 3. The Morgan fingerprint density at radius 1 is 1.23 bits per heavy atom. The van der Waals surface area contributed by atoms with Gasteiger partial charge in [0.1, 0.15) is 5.82 Å². The molecule has 3 rings (SSSR count). The molecule has 5 heteroatoms. The van der Waals surface area contributed by atoms with Crippen LogP contribution in [0.1, 0.15) is 12.5 Å². The van der Waals surface area contributed by atoms with Crippen molar-refractivity contribution in [1.29, 1.82) is 0 Å². The molecule has 1 N–H and O–H groups in total. The maximum absolute atomic E-state index is 11.5. The summed E-state index contributed by atoms with van der Waals surface area (Å²) in [7, 11) is 0. The van der Waals surface area contributed by atoms with Gasteiger partial charge in [-0.05, 0) is 48.9 Å². The van der Waals surface area contributed by atoms with Crippen LogP contribution in [0.15, 0.2) is 42.5 Å². The van der Waals surface area contributed by atoms with Gasteiger partial charge in [0.25, 0.3) is 0 Å². The van der Waals surface area contributed by atoms with E-state index in [1.165, 1.54) is 0 Å². The van der Waals surface area contributed by atoms with Crippen molar-refractivity contribution in [1.82, 2.24) is 9.97 Å². The first-order valence-corrected chi connectivity index (χ1v) is 7.43. The molecule has 3 aromatic rings. The Labute approximate surface area is 133 Å². The van der Waals surface area contributed by atoms with Crippen LogP contribution in [0.5, 0.6) is 0 Å². The molecule has 1 heterocycles. The third kappa shape index (κ3) is 3.12. The summed E-state index contributed by atoms with van der Waals surface area (Å²) in [6.07, 6.45) is 0.263. The molecule has 0 amide bonds. The van der Waals surface area contributed by atoms with Crippen LogP contribution < -0.4 is 0 Å². The monoisotopic (exact) mass is 314 g/mol. The summed E-state index contributed by atoms with van der Waals surface area (Å²) in [5, 5.41) is 0.691. The van der Waals surface area contributed by atoms with Gasteiger partial charge in [0.2, 0.25) is 0 Å². The molecule has 4 nitrogen and oxygen atoms in total. The Morgan fingerprint density at radius 3 is 2.73 bits per heavy atom. The van der Waals surface area contributed by atoms with Crippen LogP contribution in [0, 0.1) is 0 Å². The SMILES string of the molecule is CCOC(=O)Cc1ccc2nc(-c3ccc(Cl)cc3)[nH]c2c1. The Morgan fingerprint density at radius 2 is 2.00 bits per heavy atom. The number of fused-ring (bicyclic) bond motifs is 1. The summed E-state index contributed by atoms with van der Waals surface area (Å²) in [4.78, 5) is 19.4. The van der Waals surface area contributed by atoms with Gasteiger partial charge in [0.05, 0.1) is 24.1 Å². The zero-order valence-electron chi connectivity index (χ0n) is 12.1. The van der Waals surface area contributed by atoms with E-state index >= 15 is 0 Å². The van der Waals surface area contributed by atoms with Gasteiger partial charge in [0.15, 0.2) is 0 Å². The largest absolute Gasteiger partial charge is 0.466 e. The first-order chi connectivity index (χ1) is 10.7. The molecule has 0 aliphatic rings. The van der Waals surface area contributed by atoms with Crippen LogP contribution in [0.25, 0.3) is 22.4 Å². The van der Waals surface area contributed by atoms with E-state index < -0.39 is 0 Å². The fourth-order valence-electron chi connectivity index (χ4n) is 2.29. The molecular weight excluding hydrogens is 300 g/mol. The van der Waals surface area contributed by atoms with Crippen LogP contribution in [-0.4, -0.2) is 22.5 Å². The van der Waals surface area contributed by atoms with Crippen LogP contribution in [0.4, 0.5) is 0 Å². The molecule has 112 valence electrons. The van der Waals surface area contributed by atoms with E-state index in [1.54, 1.807) is 6.92 Å². The molecule has 0 radical (unpaired) electrons. The molecule has 0 bridgehead atoms. The maximum Gasteiger partial charge on any atom is 0.310 e. The molecule has 0 aliphatic heterocycles. The van der Waals surface area contributed by atoms with E-state index in [9.17, 15) is 4.79 Å². The number of halogens is 1. The highest BCUT2D eigenvalue weighted by molar-refractivity contribution is 6.30. The zero-order valence-corrected chi connectivity index (χ0v) is 12.9. The third-order valence-corrected chi connectivity index (χ3v) is 3.57. The number of benzene rings is 2. The van der Waals surface area contributed by atoms with E-state index in [4.69, 9.17) is 16.3 Å². The van der Waals surface area contributed by atoms with Crippen molar-refractivity contribution in [2.75, 3.05) is 6.61 Å². The average molecular weight is 315 g/mol. The van der Waals surface area contributed by atoms with Crippen molar-refractivity contribution < 1.29 is 9.53 Å². The molecule has 22 heavy (non-hydrogen) atoms. The lowest BCUT2D eigenvalue weighted by molar-refractivity contribution is -0.142. The highest BCUT2D eigenvalue weighted by Gasteiger charge is 2.08. The number of carbonyl (C=O) groups excluding carboxylic acids is 1. The standard InChI is InChI=1S/C17H15ClN2O2/c1-2-22-16(21)10-11-3-8-14-15(9-11)20-17(19-14)12-4-6-13(18)7-5-12/h3-9H,2,10H2,1H3,(H,19,20). The van der Waals surface area contributed by atoms with Crippen LogP contribution in [-0.2, 0) is 16.0 Å². The minimum atomic E-state index is -0.223. The molecule has 2 aromatic carbocycles. The fourth-order valence-corrected chi connectivity index (χ4v) is 2.42. The quantitative estimate of drug-likeness (QED) is 0.741. The third-order valence-electron chi connectivity index (χ3n) is 3.32. The van der Waals surface area contributed by atoms with Gasteiger partial charge in [-0.1, -0.05) is 17.7 Å². The predicted octanol–water partition coefficient (Wildman–Crippen LogP) is 3.99. The number of aromatic nitrogens is 2. The Kier molecular flexibility index (Phi) is 4.11. The number of H-pyrrole nitrogens is 1. The minimum absolute atomic E-state index is 0.223. The second-order valence-corrected chi connectivity index (χ2v) is 5.36. The van der Waals surface area contributed by atoms with Gasteiger partial charge in [-0.3, -0.25) is 4.79 Å². The number of rotatable bonds is 4. The summed E-state index contributed by atoms with van der Waals surface area (Å²) in [6.45, 7) is 2.19. The summed E-state index contributed by atoms with van der Waals surface area (Å²) >= 11 is 5.90. The Bertz CT molecular complexity index is 809. The Balaban J connectivity index is 1.90. The molecule has 1 aromatic heterocycles. The van der Waals surface area contributed by atoms with Crippen LogP contribution in [0.2, 0.25) is 5.02 Å². The summed E-state index contributed by atoms with van der Waals surface area (Å²) in [6, 6.07) is 13.2. The number of nitrogens with zero attached hydrogens (tertiary/aromatic N) is 1. The van der Waals surface area contributed by atoms with Crippen LogP contribution in [0.3, 0.4) is 0 Å². The van der Waals surface area contributed by atoms with Gasteiger partial charge >= 0.3 is 5.97 Å². The first kappa shape index (κ1) is 14.6. The topological polar surface area (TPSA) is 55.0 Å². The highest BCUT2D eigenvalue weighted by atomic mass is 35.5. The Hall–Kier alpha value is -2.33. The van der Waals surface area contributed by atoms with Gasteiger partial charge in [-0.15, -0.1) is 0 Å². The smallest absolute Gasteiger partial charge is 0.310 e. The second-order valence-electron chi connectivity index (χ2n) is 4.93. The first-order valence-electron chi connectivity index (χ1n) is 7.06. The van der Waals surface area contributed by atoms with E-state index in [2.05, 4.69) is 9.97 Å². The second kappa shape index (κ2) is 6.20. The van der Waals surface area contributed by atoms with Crippen molar-refractivity contribution >= 4 is 28.6 Å². The fraction of sp³-hybridized carbons (Fsp3) is 0.176. The van der Waals surface area contributed by atoms with Crippen molar-refractivity contribution in [2.24, 2.45) is 0 Å². The summed E-state index contributed by atoms with van der Waals surface area (Å²) < 4.78 is 4.97. The van der Waals surface area contributed by atoms with Crippen molar-refractivity contribution in [3.05, 3.63) is 53.1 Å². The number of ether oxygens (including phenoxy) is 1. The molecule has 0 saturated heterocycles. The van der Waals surface area contributed by atoms with Gasteiger partial charge < -0.3 is 9.72 Å². The number of aromatic amines is 1. The number of imidazole rings is 1. The van der Waals surface area contributed by atoms with Gasteiger partial charge in [-0.25, -0.2) is 4.98 Å². The van der Waals surface area contributed by atoms with Gasteiger partial charge in [-0.2, -0.15) is 0 Å². The molecular formula is C17H15ClN2O2. The van der Waals surface area contributed by atoms with Crippen molar-refractivity contribution in [3.8, 4) is 11.4 Å². The molecule has 0 unspecified atom stereocenters. The normalized spacial score (nSPS) is 10.8. The van der Waals surface area contributed by atoms with Crippen molar-refractivity contribution in [2.45, 2.75) is 13.3 Å². The zero-order chi connectivity index (χ0) is 15.5. The molecule has 0 atom stereocenters. The van der Waals surface area contributed by atoms with E-state index in [0.717, 1.165) is 28.0 Å². The molecule has 0 aliphatic carbocycles. The lowest BCUT2D eigenvalue weighted by Gasteiger charge is -2.01. The van der Waals surface area contributed by atoms with E-state index in [1.807, 2.05) is 42.5 Å². The number of esters is 1. The van der Waals surface area contributed by atoms with Gasteiger partial charge in [0, 0.05) is 10.6 Å². The molecule has 0 fully saturated rings. The predicted molar refractivity (Wildman–Crippen MR) is 86.9 cm³/mol. The van der Waals surface area contributed by atoms with E-state index in [-0.39, 0.29) is 12.4 Å². The van der Waals surface area contributed by atoms with Crippen molar-refractivity contribution in [3.63, 3.8) is 0 Å². The highest BCUT2D eigenvalue weighted by Crippen LogP contribution is 2.23. The lowest BCUT2D eigenvalue weighted by atomic mass is 10.1. The maximum atomic E-state index is 11.5. The van der Waals surface area contributed by atoms with E-state index in [0.29, 0.717) is 11.6 Å². The number of hydrogen-bond donors (Lipinski definition) is 1. The minimum Gasteiger partial charge on any atom is -0.466 e. The molecule has 0 spiro atoms. The lowest BCUT2D eigenvalue weighted by Crippen LogP contribution is -2.07.